The van der Waals surface area contributed by atoms with E-state index in [1.165, 1.54) is 13.2 Å². The van der Waals surface area contributed by atoms with E-state index in [0.29, 0.717) is 26.4 Å². The van der Waals surface area contributed by atoms with Gasteiger partial charge in [-0.1, -0.05) is 35.3 Å². The zero-order chi connectivity index (χ0) is 14.9. The smallest absolute Gasteiger partial charge is 0.142 e. The van der Waals surface area contributed by atoms with Crippen molar-refractivity contribution in [2.24, 2.45) is 5.73 Å². The third-order valence-corrected chi connectivity index (χ3v) is 4.10. The first-order valence-corrected chi connectivity index (χ1v) is 7.23. The van der Waals surface area contributed by atoms with Crippen molar-refractivity contribution in [1.29, 1.82) is 0 Å². The minimum Gasteiger partial charge on any atom is -0.495 e. The first-order valence-electron chi connectivity index (χ1n) is 5.68. The van der Waals surface area contributed by atoms with Crippen LogP contribution >= 0.6 is 39.1 Å². The van der Waals surface area contributed by atoms with Crippen LogP contribution < -0.4 is 10.5 Å². The van der Waals surface area contributed by atoms with Gasteiger partial charge < -0.3 is 10.5 Å². The lowest BCUT2D eigenvalue weighted by Gasteiger charge is -2.19. The molecule has 2 rings (SSSR count). The molecule has 0 amide bonds. The summed E-state index contributed by atoms with van der Waals surface area (Å²) >= 11 is 15.4. The van der Waals surface area contributed by atoms with Crippen molar-refractivity contribution in [3.8, 4) is 5.75 Å². The fourth-order valence-electron chi connectivity index (χ4n) is 1.95. The molecule has 0 aliphatic heterocycles. The molecule has 2 aromatic rings. The van der Waals surface area contributed by atoms with Crippen LogP contribution in [-0.2, 0) is 0 Å². The van der Waals surface area contributed by atoms with Crippen molar-refractivity contribution in [3.05, 3.63) is 61.8 Å². The maximum absolute atomic E-state index is 13.5. The summed E-state index contributed by atoms with van der Waals surface area (Å²) in [5.41, 5.74) is 7.29. The molecule has 106 valence electrons. The summed E-state index contributed by atoms with van der Waals surface area (Å²) < 4.78 is 19.5. The van der Waals surface area contributed by atoms with E-state index in [1.54, 1.807) is 24.3 Å². The predicted molar refractivity (Wildman–Crippen MR) is 83.1 cm³/mol. The lowest BCUT2D eigenvalue weighted by Crippen LogP contribution is -2.14. The lowest BCUT2D eigenvalue weighted by atomic mass is 9.98. The zero-order valence-electron chi connectivity index (χ0n) is 10.5. The molecule has 0 aromatic heterocycles. The summed E-state index contributed by atoms with van der Waals surface area (Å²) in [7, 11) is 1.53. The second-order valence-corrected chi connectivity index (χ2v) is 5.80. The molecular formula is C14H11BrCl2FNO. The fraction of sp³-hybridized carbons (Fsp3) is 0.143. The van der Waals surface area contributed by atoms with Crippen LogP contribution in [0.25, 0.3) is 0 Å². The van der Waals surface area contributed by atoms with Crippen molar-refractivity contribution in [3.63, 3.8) is 0 Å². The SMILES string of the molecule is COc1c(Br)cc(Cl)cc1C(N)c1cccc(F)c1Cl. The van der Waals surface area contributed by atoms with Gasteiger partial charge in [-0.25, -0.2) is 4.39 Å². The molecule has 0 saturated heterocycles. The number of hydrogen-bond acceptors (Lipinski definition) is 2. The Morgan fingerprint density at radius 1 is 1.25 bits per heavy atom. The van der Waals surface area contributed by atoms with E-state index < -0.39 is 11.9 Å². The van der Waals surface area contributed by atoms with Crippen molar-refractivity contribution in [2.75, 3.05) is 7.11 Å². The summed E-state index contributed by atoms with van der Waals surface area (Å²) in [6.45, 7) is 0. The highest BCUT2D eigenvalue weighted by atomic mass is 79.9. The van der Waals surface area contributed by atoms with E-state index in [0.717, 1.165) is 0 Å². The Morgan fingerprint density at radius 2 is 1.95 bits per heavy atom. The van der Waals surface area contributed by atoms with Crippen molar-refractivity contribution < 1.29 is 9.13 Å². The highest BCUT2D eigenvalue weighted by Gasteiger charge is 2.20. The Morgan fingerprint density at radius 3 is 2.60 bits per heavy atom. The molecule has 0 aliphatic carbocycles. The second-order valence-electron chi connectivity index (χ2n) is 4.13. The Kier molecular flexibility index (Phi) is 4.91. The monoisotopic (exact) mass is 377 g/mol. The Bertz CT molecular complexity index is 651. The molecule has 2 N–H and O–H groups in total. The topological polar surface area (TPSA) is 35.2 Å². The summed E-state index contributed by atoms with van der Waals surface area (Å²) in [6.07, 6.45) is 0. The van der Waals surface area contributed by atoms with Crippen LogP contribution in [0.1, 0.15) is 17.2 Å². The molecule has 0 fully saturated rings. The molecule has 0 spiro atoms. The van der Waals surface area contributed by atoms with Crippen LogP contribution in [-0.4, -0.2) is 7.11 Å². The van der Waals surface area contributed by atoms with Gasteiger partial charge in [-0.15, -0.1) is 0 Å². The van der Waals surface area contributed by atoms with Gasteiger partial charge in [-0.2, -0.15) is 0 Å². The minimum absolute atomic E-state index is 0.00171. The Hall–Kier alpha value is -0.810. The van der Waals surface area contributed by atoms with Gasteiger partial charge in [0.05, 0.1) is 22.6 Å². The largest absolute Gasteiger partial charge is 0.495 e. The Balaban J connectivity index is 2.58. The van der Waals surface area contributed by atoms with E-state index in [1.807, 2.05) is 0 Å². The van der Waals surface area contributed by atoms with Gasteiger partial charge >= 0.3 is 0 Å². The molecule has 20 heavy (non-hydrogen) atoms. The average Bonchev–Trinajstić information content (AvgIpc) is 2.40. The molecule has 0 bridgehead atoms. The second kappa shape index (κ2) is 6.31. The molecule has 2 aromatic carbocycles. The van der Waals surface area contributed by atoms with Gasteiger partial charge in [0.2, 0.25) is 0 Å². The van der Waals surface area contributed by atoms with Crippen LogP contribution in [0.2, 0.25) is 10.0 Å². The maximum Gasteiger partial charge on any atom is 0.142 e. The number of halogens is 4. The number of hydrogen-bond donors (Lipinski definition) is 1. The standard InChI is InChI=1S/C14H11BrCl2FNO/c1-20-14-9(5-7(16)6-10(14)15)13(19)8-3-2-4-11(18)12(8)17/h2-6,13H,19H2,1H3. The predicted octanol–water partition coefficient (Wildman–Crippen LogP) is 4.95. The number of benzene rings is 2. The van der Waals surface area contributed by atoms with E-state index in [9.17, 15) is 4.39 Å². The van der Waals surface area contributed by atoms with Crippen LogP contribution in [0.15, 0.2) is 34.8 Å². The van der Waals surface area contributed by atoms with Gasteiger partial charge in [0, 0.05) is 10.6 Å². The van der Waals surface area contributed by atoms with Crippen LogP contribution in [0.4, 0.5) is 4.39 Å². The van der Waals surface area contributed by atoms with Crippen LogP contribution in [0.3, 0.4) is 0 Å². The molecule has 0 radical (unpaired) electrons. The molecule has 0 saturated carbocycles. The van der Waals surface area contributed by atoms with Gasteiger partial charge in [0.15, 0.2) is 0 Å². The van der Waals surface area contributed by atoms with Gasteiger partial charge in [-0.3, -0.25) is 0 Å². The average molecular weight is 379 g/mol. The molecule has 0 heterocycles. The van der Waals surface area contributed by atoms with E-state index in [4.69, 9.17) is 33.7 Å². The number of ether oxygens (including phenoxy) is 1. The molecule has 1 atom stereocenters. The van der Waals surface area contributed by atoms with Crippen molar-refractivity contribution in [2.45, 2.75) is 6.04 Å². The Labute approximate surface area is 134 Å². The minimum atomic E-state index is -0.650. The summed E-state index contributed by atoms with van der Waals surface area (Å²) in [6, 6.07) is 7.24. The first kappa shape index (κ1) is 15.6. The highest BCUT2D eigenvalue weighted by molar-refractivity contribution is 9.10. The lowest BCUT2D eigenvalue weighted by molar-refractivity contribution is 0.405. The third-order valence-electron chi connectivity index (χ3n) is 2.89. The molecule has 2 nitrogen and oxygen atoms in total. The third kappa shape index (κ3) is 2.93. The normalized spacial score (nSPS) is 12.3. The van der Waals surface area contributed by atoms with Crippen molar-refractivity contribution in [1.82, 2.24) is 0 Å². The molecule has 1 unspecified atom stereocenters. The molecule has 6 heteroatoms. The van der Waals surface area contributed by atoms with Gasteiger partial charge in [0.1, 0.15) is 11.6 Å². The number of methoxy groups -OCH3 is 1. The van der Waals surface area contributed by atoms with Crippen LogP contribution in [0, 0.1) is 5.82 Å². The quantitative estimate of drug-likeness (QED) is 0.819. The van der Waals surface area contributed by atoms with Crippen LogP contribution in [0.5, 0.6) is 5.75 Å². The van der Waals surface area contributed by atoms with Gasteiger partial charge in [0.25, 0.3) is 0 Å². The van der Waals surface area contributed by atoms with E-state index in [2.05, 4.69) is 15.9 Å². The summed E-state index contributed by atoms with van der Waals surface area (Å²) in [5, 5.41) is 0.494. The number of nitrogens with two attached hydrogens (primary N) is 1. The summed E-state index contributed by atoms with van der Waals surface area (Å²) in [5.74, 6) is 0.0295. The number of rotatable bonds is 3. The zero-order valence-corrected chi connectivity index (χ0v) is 13.6. The first-order chi connectivity index (χ1) is 9.45. The molecule has 0 aliphatic rings. The van der Waals surface area contributed by atoms with E-state index in [-0.39, 0.29) is 5.02 Å². The summed E-state index contributed by atoms with van der Waals surface area (Å²) in [4.78, 5) is 0. The van der Waals surface area contributed by atoms with E-state index >= 15 is 0 Å². The van der Waals surface area contributed by atoms with Gasteiger partial charge in [-0.05, 0) is 39.7 Å². The maximum atomic E-state index is 13.5. The molecular weight excluding hydrogens is 368 g/mol. The van der Waals surface area contributed by atoms with Crippen molar-refractivity contribution >= 4 is 39.1 Å². The highest BCUT2D eigenvalue weighted by Crippen LogP contribution is 2.39. The fourth-order valence-corrected chi connectivity index (χ4v) is 3.19.